The first-order valence-electron chi connectivity index (χ1n) is 6.43. The molecule has 21 heavy (non-hydrogen) atoms. The Morgan fingerprint density at radius 2 is 1.90 bits per heavy atom. The first kappa shape index (κ1) is 12.9. The number of fused-ring (bicyclic) bond motifs is 1. The molecule has 3 rings (SSSR count). The van der Waals surface area contributed by atoms with Crippen LogP contribution in [0.4, 0.5) is 0 Å². The first-order chi connectivity index (χ1) is 10.2. The van der Waals surface area contributed by atoms with Gasteiger partial charge >= 0.3 is 0 Å². The van der Waals surface area contributed by atoms with Crippen molar-refractivity contribution in [3.63, 3.8) is 0 Å². The SMILES string of the molecule is COc1ccn2c(C(=O)c3ccc(C#N)cc3)ccc2c1. The monoisotopic (exact) mass is 276 g/mol. The molecule has 0 amide bonds. The molecule has 0 aliphatic heterocycles. The smallest absolute Gasteiger partial charge is 0.209 e. The highest BCUT2D eigenvalue weighted by Crippen LogP contribution is 2.19. The zero-order chi connectivity index (χ0) is 14.8. The average Bonchev–Trinajstić information content (AvgIpc) is 2.97. The van der Waals surface area contributed by atoms with Crippen LogP contribution >= 0.6 is 0 Å². The molecule has 0 aliphatic carbocycles. The predicted molar refractivity (Wildman–Crippen MR) is 78.5 cm³/mol. The summed E-state index contributed by atoms with van der Waals surface area (Å²) in [4.78, 5) is 12.5. The molecular formula is C17H12N2O2. The van der Waals surface area contributed by atoms with Crippen molar-refractivity contribution in [3.8, 4) is 11.8 Å². The summed E-state index contributed by atoms with van der Waals surface area (Å²) in [7, 11) is 1.61. The first-order valence-corrected chi connectivity index (χ1v) is 6.43. The second-order valence-corrected chi connectivity index (χ2v) is 4.60. The number of rotatable bonds is 3. The number of benzene rings is 1. The highest BCUT2D eigenvalue weighted by atomic mass is 16.5. The summed E-state index contributed by atoms with van der Waals surface area (Å²) < 4.78 is 7.00. The lowest BCUT2D eigenvalue weighted by Crippen LogP contribution is -2.05. The molecule has 4 nitrogen and oxygen atoms in total. The highest BCUT2D eigenvalue weighted by Gasteiger charge is 2.13. The van der Waals surface area contributed by atoms with Gasteiger partial charge in [0.25, 0.3) is 0 Å². The van der Waals surface area contributed by atoms with Gasteiger partial charge in [0.15, 0.2) is 0 Å². The fourth-order valence-corrected chi connectivity index (χ4v) is 2.25. The standard InChI is InChI=1S/C17H12N2O2/c1-21-15-8-9-19-14(10-15)6-7-16(19)17(20)13-4-2-12(11-18)3-5-13/h2-10H,1H3. The van der Waals surface area contributed by atoms with Crippen LogP contribution in [0.3, 0.4) is 0 Å². The Kier molecular flexibility index (Phi) is 3.17. The van der Waals surface area contributed by atoms with Crippen molar-refractivity contribution >= 4 is 11.3 Å². The van der Waals surface area contributed by atoms with Crippen LogP contribution < -0.4 is 4.74 Å². The van der Waals surface area contributed by atoms with Crippen LogP contribution in [0, 0.1) is 11.3 Å². The molecule has 4 heteroatoms. The fraction of sp³-hybridized carbons (Fsp3) is 0.0588. The molecule has 0 fully saturated rings. The van der Waals surface area contributed by atoms with Crippen LogP contribution in [-0.2, 0) is 0 Å². The number of methoxy groups -OCH3 is 1. The van der Waals surface area contributed by atoms with Crippen molar-refractivity contribution in [1.82, 2.24) is 4.40 Å². The third kappa shape index (κ3) is 2.26. The minimum Gasteiger partial charge on any atom is -0.497 e. The number of nitrogens with zero attached hydrogens (tertiary/aromatic N) is 2. The van der Waals surface area contributed by atoms with Gasteiger partial charge in [0.2, 0.25) is 5.78 Å². The third-order valence-electron chi connectivity index (χ3n) is 3.37. The zero-order valence-electron chi connectivity index (χ0n) is 11.4. The Bertz CT molecular complexity index is 855. The highest BCUT2D eigenvalue weighted by molar-refractivity contribution is 6.08. The van der Waals surface area contributed by atoms with Crippen LogP contribution in [0.15, 0.2) is 54.7 Å². The maximum absolute atomic E-state index is 12.5. The van der Waals surface area contributed by atoms with E-state index in [-0.39, 0.29) is 5.78 Å². The van der Waals surface area contributed by atoms with Crippen molar-refractivity contribution in [3.05, 3.63) is 71.5 Å². The number of pyridine rings is 1. The molecule has 1 aromatic carbocycles. The maximum atomic E-state index is 12.5. The summed E-state index contributed by atoms with van der Waals surface area (Å²) in [5.41, 5.74) is 2.57. The number of hydrogen-bond acceptors (Lipinski definition) is 3. The fourth-order valence-electron chi connectivity index (χ4n) is 2.25. The van der Waals surface area contributed by atoms with Gasteiger partial charge < -0.3 is 9.14 Å². The maximum Gasteiger partial charge on any atom is 0.209 e. The van der Waals surface area contributed by atoms with Gasteiger partial charge in [0.1, 0.15) is 5.75 Å². The Balaban J connectivity index is 2.03. The van der Waals surface area contributed by atoms with Gasteiger partial charge in [-0.3, -0.25) is 4.79 Å². The van der Waals surface area contributed by atoms with Crippen LogP contribution in [0.2, 0.25) is 0 Å². The van der Waals surface area contributed by atoms with E-state index in [1.54, 1.807) is 37.4 Å². The summed E-state index contributed by atoms with van der Waals surface area (Å²) >= 11 is 0. The van der Waals surface area contributed by atoms with Crippen molar-refractivity contribution in [2.24, 2.45) is 0 Å². The van der Waals surface area contributed by atoms with E-state index in [1.807, 2.05) is 34.9 Å². The lowest BCUT2D eigenvalue weighted by atomic mass is 10.1. The molecule has 0 atom stereocenters. The van der Waals surface area contributed by atoms with E-state index >= 15 is 0 Å². The number of hydrogen-bond donors (Lipinski definition) is 0. The molecule has 3 aromatic rings. The van der Waals surface area contributed by atoms with Crippen molar-refractivity contribution in [1.29, 1.82) is 5.26 Å². The van der Waals surface area contributed by atoms with Crippen LogP contribution in [-0.4, -0.2) is 17.3 Å². The number of carbonyl (C=O) groups is 1. The lowest BCUT2D eigenvalue weighted by Gasteiger charge is -2.04. The van der Waals surface area contributed by atoms with Crippen molar-refractivity contribution in [2.45, 2.75) is 0 Å². The molecule has 2 aromatic heterocycles. The Labute approximate surface area is 121 Å². The van der Waals surface area contributed by atoms with Crippen LogP contribution in [0.25, 0.3) is 5.52 Å². The Hall–Kier alpha value is -3.06. The van der Waals surface area contributed by atoms with E-state index in [0.29, 0.717) is 16.8 Å². The molecule has 2 heterocycles. The van der Waals surface area contributed by atoms with E-state index in [4.69, 9.17) is 10.00 Å². The van der Waals surface area contributed by atoms with Gasteiger partial charge in [0, 0.05) is 23.3 Å². The van der Waals surface area contributed by atoms with Gasteiger partial charge in [-0.2, -0.15) is 5.26 Å². The summed E-state index contributed by atoms with van der Waals surface area (Å²) in [6.45, 7) is 0. The second-order valence-electron chi connectivity index (χ2n) is 4.60. The topological polar surface area (TPSA) is 54.5 Å². The molecule has 0 bridgehead atoms. The molecule has 0 radical (unpaired) electrons. The van der Waals surface area contributed by atoms with Crippen molar-refractivity contribution < 1.29 is 9.53 Å². The molecule has 0 saturated carbocycles. The summed E-state index contributed by atoms with van der Waals surface area (Å²) in [5, 5.41) is 8.79. The third-order valence-corrected chi connectivity index (χ3v) is 3.37. The van der Waals surface area contributed by atoms with E-state index < -0.39 is 0 Å². The number of ketones is 1. The minimum absolute atomic E-state index is 0.0790. The summed E-state index contributed by atoms with van der Waals surface area (Å²) in [6, 6.07) is 16.0. The summed E-state index contributed by atoms with van der Waals surface area (Å²) in [6.07, 6.45) is 1.81. The number of aromatic nitrogens is 1. The Morgan fingerprint density at radius 1 is 1.14 bits per heavy atom. The Morgan fingerprint density at radius 3 is 2.57 bits per heavy atom. The molecular weight excluding hydrogens is 264 g/mol. The molecule has 0 saturated heterocycles. The van der Waals surface area contributed by atoms with E-state index in [2.05, 4.69) is 0 Å². The van der Waals surface area contributed by atoms with Gasteiger partial charge in [-0.05, 0) is 42.5 Å². The average molecular weight is 276 g/mol. The van der Waals surface area contributed by atoms with E-state index in [1.165, 1.54) is 0 Å². The second kappa shape index (κ2) is 5.14. The molecule has 0 unspecified atom stereocenters. The van der Waals surface area contributed by atoms with Gasteiger partial charge in [-0.25, -0.2) is 0 Å². The van der Waals surface area contributed by atoms with E-state index in [0.717, 1.165) is 11.3 Å². The van der Waals surface area contributed by atoms with E-state index in [9.17, 15) is 4.79 Å². The van der Waals surface area contributed by atoms with Crippen LogP contribution in [0.5, 0.6) is 5.75 Å². The lowest BCUT2D eigenvalue weighted by molar-refractivity contribution is 0.103. The normalized spacial score (nSPS) is 10.3. The zero-order valence-corrected chi connectivity index (χ0v) is 11.4. The molecule has 102 valence electrons. The van der Waals surface area contributed by atoms with Gasteiger partial charge in [-0.1, -0.05) is 0 Å². The van der Waals surface area contributed by atoms with Crippen LogP contribution in [0.1, 0.15) is 21.6 Å². The minimum atomic E-state index is -0.0790. The number of nitriles is 1. The van der Waals surface area contributed by atoms with Crippen molar-refractivity contribution in [2.75, 3.05) is 7.11 Å². The van der Waals surface area contributed by atoms with Gasteiger partial charge in [-0.15, -0.1) is 0 Å². The molecule has 0 spiro atoms. The molecule has 0 N–H and O–H groups in total. The molecule has 0 aliphatic rings. The van der Waals surface area contributed by atoms with Gasteiger partial charge in [0.05, 0.1) is 24.4 Å². The largest absolute Gasteiger partial charge is 0.497 e. The quantitative estimate of drug-likeness (QED) is 0.691. The predicted octanol–water partition coefficient (Wildman–Crippen LogP) is 3.05. The number of carbonyl (C=O) groups excluding carboxylic acids is 1. The summed E-state index contributed by atoms with van der Waals surface area (Å²) in [5.74, 6) is 0.669. The number of ether oxygens (including phenoxy) is 1.